The van der Waals surface area contributed by atoms with Crippen molar-refractivity contribution in [3.8, 4) is 11.8 Å². The second-order valence-corrected chi connectivity index (χ2v) is 6.87. The molecule has 138 valence electrons. The lowest BCUT2D eigenvalue weighted by atomic mass is 9.86. The highest BCUT2D eigenvalue weighted by Gasteiger charge is 2.47. The summed E-state index contributed by atoms with van der Waals surface area (Å²) in [6.45, 7) is 5.57. The summed E-state index contributed by atoms with van der Waals surface area (Å²) < 4.78 is 13.1. The molecule has 1 aliphatic heterocycles. The van der Waals surface area contributed by atoms with Crippen LogP contribution in [0.2, 0.25) is 0 Å². The van der Waals surface area contributed by atoms with Crippen molar-refractivity contribution in [3.63, 3.8) is 0 Å². The van der Waals surface area contributed by atoms with Gasteiger partial charge >= 0.3 is 0 Å². The smallest absolute Gasteiger partial charge is 0.238 e. The molecule has 0 radical (unpaired) electrons. The minimum Gasteiger partial charge on any atom is -0.334 e. The molecule has 1 fully saturated rings. The Balaban J connectivity index is 1.95. The van der Waals surface area contributed by atoms with Gasteiger partial charge in [-0.2, -0.15) is 0 Å². The quantitative estimate of drug-likeness (QED) is 0.622. The average molecular weight is 364 g/mol. The van der Waals surface area contributed by atoms with Gasteiger partial charge in [-0.25, -0.2) is 4.39 Å². The van der Waals surface area contributed by atoms with E-state index in [0.717, 1.165) is 28.5 Å². The monoisotopic (exact) mass is 364 g/mol. The fourth-order valence-corrected chi connectivity index (χ4v) is 3.74. The minimum atomic E-state index is -0.816. The number of aromatic nitrogens is 1. The molecule has 0 N–H and O–H groups in total. The topological polar surface area (TPSA) is 50.3 Å². The molecule has 0 saturated carbocycles. The fourth-order valence-electron chi connectivity index (χ4n) is 3.74. The number of pyridine rings is 1. The molecule has 1 amide bonds. The van der Waals surface area contributed by atoms with Gasteiger partial charge in [0, 0.05) is 24.7 Å². The zero-order chi connectivity index (χ0) is 19.7. The normalized spacial score (nSPS) is 19.2. The summed E-state index contributed by atoms with van der Waals surface area (Å²) in [5, 5.41) is 0. The lowest BCUT2D eigenvalue weighted by Crippen LogP contribution is -2.33. The number of aryl methyl sites for hydroxylation is 2. The molecule has 1 saturated heterocycles. The molecule has 1 aromatic heterocycles. The van der Waals surface area contributed by atoms with Crippen LogP contribution in [-0.4, -0.2) is 34.7 Å². The third-order valence-electron chi connectivity index (χ3n) is 5.02. The number of benzene rings is 1. The summed E-state index contributed by atoms with van der Waals surface area (Å²) in [6.07, 6.45) is 1.39. The van der Waals surface area contributed by atoms with Gasteiger partial charge in [0.05, 0.1) is 12.2 Å². The molecule has 27 heavy (non-hydrogen) atoms. The molecule has 1 aromatic carbocycles. The summed E-state index contributed by atoms with van der Waals surface area (Å²) in [7, 11) is 1.63. The van der Waals surface area contributed by atoms with Gasteiger partial charge in [0.1, 0.15) is 11.7 Å². The summed E-state index contributed by atoms with van der Waals surface area (Å²) >= 11 is 0. The first-order chi connectivity index (χ1) is 12.8. The van der Waals surface area contributed by atoms with Gasteiger partial charge < -0.3 is 4.90 Å². The standard InChI is InChI=1S/C22H21FN2O2/c1-5-6-15-9-13(2)19(14(3)10-15)20-21(26)18(25(4)22(20)27)11-17-8-7-16(23)12-24-17/h7-10,12,18,20H,11H2,1-4H3. The summed E-state index contributed by atoms with van der Waals surface area (Å²) in [4.78, 5) is 31.5. The predicted molar refractivity (Wildman–Crippen MR) is 101 cm³/mol. The molecule has 1 aliphatic rings. The first-order valence-corrected chi connectivity index (χ1v) is 8.78. The van der Waals surface area contributed by atoms with Crippen LogP contribution in [0.4, 0.5) is 4.39 Å². The van der Waals surface area contributed by atoms with Crippen LogP contribution in [0.5, 0.6) is 0 Å². The summed E-state index contributed by atoms with van der Waals surface area (Å²) in [5.74, 6) is 4.27. The molecular weight excluding hydrogens is 343 g/mol. The van der Waals surface area contributed by atoms with E-state index in [2.05, 4.69) is 16.8 Å². The Bertz CT molecular complexity index is 947. The first-order valence-electron chi connectivity index (χ1n) is 8.78. The molecule has 2 heterocycles. The number of likely N-dealkylation sites (N-methyl/N-ethyl adjacent to an activating group) is 1. The highest BCUT2D eigenvalue weighted by molar-refractivity contribution is 6.15. The van der Waals surface area contributed by atoms with Gasteiger partial charge in [-0.1, -0.05) is 5.92 Å². The lowest BCUT2D eigenvalue weighted by molar-refractivity contribution is -0.129. The fraction of sp³-hybridized carbons (Fsp3) is 0.318. The Kier molecular flexibility index (Phi) is 5.09. The molecule has 3 rings (SSSR count). The van der Waals surface area contributed by atoms with E-state index in [0.29, 0.717) is 5.69 Å². The van der Waals surface area contributed by atoms with Gasteiger partial charge in [0.2, 0.25) is 5.91 Å². The molecule has 0 bridgehead atoms. The number of Topliss-reactive ketones (excluding diaryl/α,β-unsaturated/α-hetero) is 1. The molecular formula is C22H21FN2O2. The average Bonchev–Trinajstić information content (AvgIpc) is 2.81. The Morgan fingerprint density at radius 1 is 1.19 bits per heavy atom. The number of carbonyl (C=O) groups is 2. The van der Waals surface area contributed by atoms with Gasteiger partial charge in [0.25, 0.3) is 0 Å². The van der Waals surface area contributed by atoms with Crippen LogP contribution in [0.15, 0.2) is 30.5 Å². The van der Waals surface area contributed by atoms with E-state index in [4.69, 9.17) is 0 Å². The van der Waals surface area contributed by atoms with Crippen LogP contribution >= 0.6 is 0 Å². The maximum atomic E-state index is 13.1. The van der Waals surface area contributed by atoms with Gasteiger partial charge in [0.15, 0.2) is 5.78 Å². The van der Waals surface area contributed by atoms with E-state index in [9.17, 15) is 14.0 Å². The van der Waals surface area contributed by atoms with Crippen molar-refractivity contribution in [2.75, 3.05) is 7.05 Å². The van der Waals surface area contributed by atoms with E-state index in [1.54, 1.807) is 20.0 Å². The molecule has 4 nitrogen and oxygen atoms in total. The largest absolute Gasteiger partial charge is 0.334 e. The molecule has 0 spiro atoms. The highest BCUT2D eigenvalue weighted by atomic mass is 19.1. The second-order valence-electron chi connectivity index (χ2n) is 6.87. The number of amides is 1. The van der Waals surface area contributed by atoms with Gasteiger partial charge in [-0.3, -0.25) is 14.6 Å². The second kappa shape index (κ2) is 7.32. The van der Waals surface area contributed by atoms with Gasteiger partial charge in [-0.05, 0) is 61.7 Å². The van der Waals surface area contributed by atoms with Crippen LogP contribution in [0, 0.1) is 31.5 Å². The maximum absolute atomic E-state index is 13.1. The van der Waals surface area contributed by atoms with Crippen molar-refractivity contribution in [1.29, 1.82) is 0 Å². The zero-order valence-electron chi connectivity index (χ0n) is 15.8. The number of ketones is 1. The first kappa shape index (κ1) is 18.8. The number of rotatable bonds is 3. The van der Waals surface area contributed by atoms with Crippen LogP contribution in [-0.2, 0) is 16.0 Å². The minimum absolute atomic E-state index is 0.144. The number of hydrogen-bond acceptors (Lipinski definition) is 3. The Labute approximate surface area is 158 Å². The predicted octanol–water partition coefficient (Wildman–Crippen LogP) is 2.94. The SMILES string of the molecule is CC#Cc1cc(C)c(C2C(=O)C(Cc3ccc(F)cn3)N(C)C2=O)c(C)c1. The molecule has 5 heteroatoms. The number of halogens is 1. The van der Waals surface area contributed by atoms with Crippen LogP contribution in [0.25, 0.3) is 0 Å². The maximum Gasteiger partial charge on any atom is 0.238 e. The van der Waals surface area contributed by atoms with Crippen molar-refractivity contribution in [2.45, 2.75) is 39.2 Å². The van der Waals surface area contributed by atoms with Crippen molar-refractivity contribution < 1.29 is 14.0 Å². The van der Waals surface area contributed by atoms with Gasteiger partial charge in [-0.15, -0.1) is 5.92 Å². The Morgan fingerprint density at radius 3 is 2.41 bits per heavy atom. The lowest BCUT2D eigenvalue weighted by Gasteiger charge is -2.17. The molecule has 0 aliphatic carbocycles. The van der Waals surface area contributed by atoms with E-state index in [1.807, 2.05) is 26.0 Å². The van der Waals surface area contributed by atoms with E-state index >= 15 is 0 Å². The molecule has 2 atom stereocenters. The van der Waals surface area contributed by atoms with Crippen molar-refractivity contribution in [1.82, 2.24) is 9.88 Å². The highest BCUT2D eigenvalue weighted by Crippen LogP contribution is 2.34. The van der Waals surface area contributed by atoms with Crippen LogP contribution in [0.3, 0.4) is 0 Å². The van der Waals surface area contributed by atoms with Crippen molar-refractivity contribution in [2.24, 2.45) is 0 Å². The summed E-state index contributed by atoms with van der Waals surface area (Å²) in [5.41, 5.74) is 3.97. The van der Waals surface area contributed by atoms with E-state index < -0.39 is 17.8 Å². The number of nitrogens with zero attached hydrogens (tertiary/aromatic N) is 2. The number of likely N-dealkylation sites (tertiary alicyclic amines) is 1. The van der Waals surface area contributed by atoms with Crippen LogP contribution < -0.4 is 0 Å². The third-order valence-corrected chi connectivity index (χ3v) is 5.02. The van der Waals surface area contributed by atoms with E-state index in [-0.39, 0.29) is 18.1 Å². The molecule has 2 unspecified atom stereocenters. The number of carbonyl (C=O) groups excluding carboxylic acids is 2. The Hall–Kier alpha value is -3.00. The van der Waals surface area contributed by atoms with Crippen molar-refractivity contribution >= 4 is 11.7 Å². The van der Waals surface area contributed by atoms with Crippen molar-refractivity contribution in [3.05, 3.63) is 64.2 Å². The van der Waals surface area contributed by atoms with Crippen LogP contribution in [0.1, 0.15) is 40.8 Å². The molecule has 2 aromatic rings. The third kappa shape index (κ3) is 3.48. The van der Waals surface area contributed by atoms with E-state index in [1.165, 1.54) is 11.0 Å². The zero-order valence-corrected chi connectivity index (χ0v) is 15.8. The summed E-state index contributed by atoms with van der Waals surface area (Å²) in [6, 6.07) is 6.07. The Morgan fingerprint density at radius 2 is 1.85 bits per heavy atom. The number of hydrogen-bond donors (Lipinski definition) is 0.